The van der Waals surface area contributed by atoms with Gasteiger partial charge in [0.15, 0.2) is 5.11 Å². The monoisotopic (exact) mass is 432 g/mol. The van der Waals surface area contributed by atoms with Gasteiger partial charge in [-0.15, -0.1) is 0 Å². The number of aryl methyl sites for hydroxylation is 2. The largest absolute Gasteiger partial charge is 0.376 e. The van der Waals surface area contributed by atoms with Crippen LogP contribution in [0, 0.1) is 13.8 Å². The molecule has 0 spiro atoms. The highest BCUT2D eigenvalue weighted by Crippen LogP contribution is 2.42. The average molecular weight is 433 g/mol. The summed E-state index contributed by atoms with van der Waals surface area (Å²) in [6, 6.07) is 16.9. The van der Waals surface area contributed by atoms with E-state index in [1.54, 1.807) is 0 Å². The lowest BCUT2D eigenvalue weighted by Crippen LogP contribution is -2.31. The summed E-state index contributed by atoms with van der Waals surface area (Å²) in [5, 5.41) is 4.29. The van der Waals surface area contributed by atoms with Gasteiger partial charge in [0.25, 0.3) is 0 Å². The van der Waals surface area contributed by atoms with E-state index in [1.165, 1.54) is 16.8 Å². The molecule has 4 heterocycles. The van der Waals surface area contributed by atoms with Gasteiger partial charge in [0.2, 0.25) is 0 Å². The summed E-state index contributed by atoms with van der Waals surface area (Å²) >= 11 is 5.87. The normalized spacial score (nSPS) is 23.4. The molecule has 2 aliphatic rings. The van der Waals surface area contributed by atoms with Crippen molar-refractivity contribution in [1.82, 2.24) is 14.9 Å². The molecule has 0 bridgehead atoms. The Morgan fingerprint density at radius 1 is 1.13 bits per heavy atom. The van der Waals surface area contributed by atoms with Gasteiger partial charge in [0.05, 0.1) is 17.8 Å². The first-order valence-electron chi connectivity index (χ1n) is 11.0. The third-order valence-corrected chi connectivity index (χ3v) is 6.77. The van der Waals surface area contributed by atoms with E-state index >= 15 is 0 Å². The van der Waals surface area contributed by atoms with E-state index in [4.69, 9.17) is 17.0 Å². The van der Waals surface area contributed by atoms with Crippen molar-refractivity contribution in [2.45, 2.75) is 51.4 Å². The van der Waals surface area contributed by atoms with E-state index < -0.39 is 0 Å². The maximum Gasteiger partial charge on any atom is 0.174 e. The maximum atomic E-state index is 5.93. The predicted molar refractivity (Wildman–Crippen MR) is 127 cm³/mol. The summed E-state index contributed by atoms with van der Waals surface area (Å²) in [5.41, 5.74) is 5.85. The van der Waals surface area contributed by atoms with Gasteiger partial charge in [0, 0.05) is 36.9 Å². The van der Waals surface area contributed by atoms with Gasteiger partial charge in [-0.05, 0) is 86.4 Å². The number of hydrogen-bond acceptors (Lipinski definition) is 3. The lowest BCUT2D eigenvalue weighted by Gasteiger charge is -2.30. The number of aromatic nitrogens is 2. The number of nitrogens with one attached hydrogen (secondary N) is 1. The highest BCUT2D eigenvalue weighted by Gasteiger charge is 2.42. The van der Waals surface area contributed by atoms with Crippen LogP contribution in [0.2, 0.25) is 0 Å². The van der Waals surface area contributed by atoms with Crippen molar-refractivity contribution in [2.24, 2.45) is 0 Å². The van der Waals surface area contributed by atoms with Crippen molar-refractivity contribution in [3.63, 3.8) is 0 Å². The van der Waals surface area contributed by atoms with E-state index in [-0.39, 0.29) is 18.2 Å². The number of rotatable bonds is 5. The first kappa shape index (κ1) is 20.2. The molecule has 2 aromatic heterocycles. The zero-order chi connectivity index (χ0) is 21.4. The molecule has 0 saturated carbocycles. The second-order valence-electron chi connectivity index (χ2n) is 8.49. The number of nitrogens with zero attached hydrogens (tertiary/aromatic N) is 3. The van der Waals surface area contributed by atoms with Crippen LogP contribution in [-0.2, 0) is 11.3 Å². The molecule has 0 unspecified atom stereocenters. The summed E-state index contributed by atoms with van der Waals surface area (Å²) < 4.78 is 8.26. The van der Waals surface area contributed by atoms with Crippen LogP contribution in [0.5, 0.6) is 0 Å². The van der Waals surface area contributed by atoms with Crippen molar-refractivity contribution in [1.29, 1.82) is 0 Å². The van der Waals surface area contributed by atoms with Gasteiger partial charge in [0.1, 0.15) is 6.04 Å². The van der Waals surface area contributed by atoms with Crippen molar-refractivity contribution in [2.75, 3.05) is 11.5 Å². The fourth-order valence-electron chi connectivity index (χ4n) is 4.68. The Morgan fingerprint density at radius 3 is 2.77 bits per heavy atom. The van der Waals surface area contributed by atoms with Crippen LogP contribution in [0.1, 0.15) is 47.4 Å². The highest BCUT2D eigenvalue weighted by molar-refractivity contribution is 7.80. The van der Waals surface area contributed by atoms with Gasteiger partial charge >= 0.3 is 0 Å². The van der Waals surface area contributed by atoms with Crippen molar-refractivity contribution in [3.05, 3.63) is 83.4 Å². The second kappa shape index (κ2) is 8.44. The Labute approximate surface area is 189 Å². The molecule has 1 aromatic carbocycles. The van der Waals surface area contributed by atoms with Gasteiger partial charge in [-0.1, -0.05) is 12.1 Å². The van der Waals surface area contributed by atoms with Gasteiger partial charge in [-0.25, -0.2) is 0 Å². The van der Waals surface area contributed by atoms with Crippen LogP contribution in [0.15, 0.2) is 60.9 Å². The fourth-order valence-corrected chi connectivity index (χ4v) is 5.02. The van der Waals surface area contributed by atoms with Crippen LogP contribution in [-0.4, -0.2) is 27.4 Å². The van der Waals surface area contributed by atoms with Crippen LogP contribution in [0.4, 0.5) is 5.69 Å². The van der Waals surface area contributed by atoms with E-state index in [2.05, 4.69) is 76.2 Å². The minimum Gasteiger partial charge on any atom is -0.376 e. The molecule has 0 aliphatic carbocycles. The number of benzene rings is 1. The van der Waals surface area contributed by atoms with E-state index in [0.29, 0.717) is 0 Å². The Morgan fingerprint density at radius 2 is 2.03 bits per heavy atom. The number of anilines is 1. The number of pyridine rings is 1. The summed E-state index contributed by atoms with van der Waals surface area (Å²) in [6.45, 7) is 6.01. The standard InChI is InChI=1S/C25H28N4OS/c1-17-10-11-19(15-18(17)2)29-24(23(27-25(29)31)21-8-3-4-12-26-21)22-9-5-13-28(22)16-20-7-6-14-30-20/h3-5,8-13,15,20,23-24H,6-7,14,16H2,1-2H3,(H,27,31)/t20-,23-,24+/m1/s1. The number of hydrogen-bond donors (Lipinski definition) is 1. The Kier molecular flexibility index (Phi) is 5.50. The summed E-state index contributed by atoms with van der Waals surface area (Å²) in [6.07, 6.45) is 6.54. The Bertz CT molecular complexity index is 1070. The third kappa shape index (κ3) is 3.86. The molecule has 3 atom stereocenters. The molecular formula is C25H28N4OS. The van der Waals surface area contributed by atoms with Crippen molar-refractivity contribution < 1.29 is 4.74 Å². The van der Waals surface area contributed by atoms with Gasteiger partial charge in [-0.2, -0.15) is 0 Å². The third-order valence-electron chi connectivity index (χ3n) is 6.46. The quantitative estimate of drug-likeness (QED) is 0.584. The average Bonchev–Trinajstić information content (AvgIpc) is 3.52. The van der Waals surface area contributed by atoms with E-state index in [9.17, 15) is 0 Å². The molecule has 2 fully saturated rings. The molecule has 160 valence electrons. The molecular weight excluding hydrogens is 404 g/mol. The topological polar surface area (TPSA) is 42.3 Å². The SMILES string of the molecule is Cc1ccc(N2C(=S)N[C@H](c3ccccn3)[C@@H]2c2cccn2C[C@H]2CCCO2)cc1C. The fraction of sp³-hybridized carbons (Fsp3) is 0.360. The highest BCUT2D eigenvalue weighted by atomic mass is 32.1. The van der Waals surface area contributed by atoms with E-state index in [1.807, 2.05) is 18.3 Å². The van der Waals surface area contributed by atoms with Crippen LogP contribution in [0.3, 0.4) is 0 Å². The zero-order valence-electron chi connectivity index (χ0n) is 18.0. The first-order valence-corrected chi connectivity index (χ1v) is 11.4. The zero-order valence-corrected chi connectivity index (χ0v) is 18.8. The lowest BCUT2D eigenvalue weighted by molar-refractivity contribution is 0.0961. The number of ether oxygens (including phenoxy) is 1. The van der Waals surface area contributed by atoms with Gasteiger partial charge in [-0.3, -0.25) is 4.98 Å². The van der Waals surface area contributed by atoms with Crippen molar-refractivity contribution in [3.8, 4) is 0 Å². The van der Waals surface area contributed by atoms with E-state index in [0.717, 1.165) is 42.5 Å². The lowest BCUT2D eigenvalue weighted by atomic mass is 10.00. The van der Waals surface area contributed by atoms with Crippen LogP contribution >= 0.6 is 12.2 Å². The van der Waals surface area contributed by atoms with Crippen molar-refractivity contribution >= 4 is 23.0 Å². The molecule has 5 rings (SSSR count). The molecule has 6 heteroatoms. The summed E-state index contributed by atoms with van der Waals surface area (Å²) in [7, 11) is 0. The smallest absolute Gasteiger partial charge is 0.174 e. The molecule has 3 aromatic rings. The second-order valence-corrected chi connectivity index (χ2v) is 8.87. The summed E-state index contributed by atoms with van der Waals surface area (Å²) in [4.78, 5) is 6.92. The minimum atomic E-state index is -0.0338. The Balaban J connectivity index is 1.58. The maximum absolute atomic E-state index is 5.93. The molecule has 2 saturated heterocycles. The Hall–Kier alpha value is -2.70. The number of thiocarbonyl (C=S) groups is 1. The molecule has 1 N–H and O–H groups in total. The first-order chi connectivity index (χ1) is 15.1. The molecule has 0 radical (unpaired) electrons. The molecule has 2 aliphatic heterocycles. The minimum absolute atomic E-state index is 0.000842. The molecule has 0 amide bonds. The molecule has 31 heavy (non-hydrogen) atoms. The summed E-state index contributed by atoms with van der Waals surface area (Å²) in [5.74, 6) is 0. The van der Waals surface area contributed by atoms with Crippen LogP contribution in [0.25, 0.3) is 0 Å². The van der Waals surface area contributed by atoms with Crippen LogP contribution < -0.4 is 10.2 Å². The van der Waals surface area contributed by atoms with Gasteiger partial charge < -0.3 is 19.5 Å². The molecule has 5 nitrogen and oxygen atoms in total. The predicted octanol–water partition coefficient (Wildman–Crippen LogP) is 4.86.